The van der Waals surface area contributed by atoms with Crippen molar-refractivity contribution in [3.63, 3.8) is 0 Å². The highest BCUT2D eigenvalue weighted by atomic mass is 127. The van der Waals surface area contributed by atoms with Gasteiger partial charge in [0.1, 0.15) is 0 Å². The lowest BCUT2D eigenvalue weighted by Crippen LogP contribution is -3.00. The molecule has 0 spiro atoms. The minimum Gasteiger partial charge on any atom is -1.00 e. The van der Waals surface area contributed by atoms with E-state index < -0.39 is 0 Å². The van der Waals surface area contributed by atoms with Crippen LogP contribution in [0.1, 0.15) is 53.4 Å². The predicted octanol–water partition coefficient (Wildman–Crippen LogP) is -2.48. The summed E-state index contributed by atoms with van der Waals surface area (Å²) in [6.45, 7) is 11.9. The maximum atomic E-state index is 2.35. The predicted molar refractivity (Wildman–Crippen MR) is 82.7 cm³/mol. The van der Waals surface area contributed by atoms with E-state index in [1.165, 1.54) is 38.8 Å². The Bertz CT molecular complexity index is 203. The Morgan fingerprint density at radius 2 is 0.800 bits per heavy atom. The third-order valence-electron chi connectivity index (χ3n) is 5.01. The summed E-state index contributed by atoms with van der Waals surface area (Å²) in [6.07, 6.45) is 5.54. The average molecular weight is 512 g/mol. The van der Waals surface area contributed by atoms with Crippen molar-refractivity contribution >= 4 is 0 Å². The van der Waals surface area contributed by atoms with Crippen LogP contribution < -0.4 is 48.0 Å². The first-order chi connectivity index (χ1) is 8.09. The fourth-order valence-corrected chi connectivity index (χ4v) is 1.91. The molecule has 0 fully saturated rings. The van der Waals surface area contributed by atoms with Crippen molar-refractivity contribution in [1.82, 2.24) is 0 Å². The monoisotopic (exact) mass is 512 g/mol. The highest BCUT2D eigenvalue weighted by Crippen LogP contribution is 2.12. The van der Waals surface area contributed by atoms with Crippen LogP contribution in [-0.4, -0.2) is 62.3 Å². The van der Waals surface area contributed by atoms with Crippen molar-refractivity contribution in [2.24, 2.45) is 0 Å². The Morgan fingerprint density at radius 1 is 0.550 bits per heavy atom. The second-order valence-electron chi connectivity index (χ2n) is 7.61. The molecule has 126 valence electrons. The van der Waals surface area contributed by atoms with Gasteiger partial charge in [-0.1, -0.05) is 0 Å². The van der Waals surface area contributed by atoms with Crippen LogP contribution in [0.15, 0.2) is 0 Å². The lowest BCUT2D eigenvalue weighted by Gasteiger charge is -2.35. The second kappa shape index (κ2) is 11.9. The van der Waals surface area contributed by atoms with Crippen LogP contribution in [0.5, 0.6) is 0 Å². The molecule has 0 unspecified atom stereocenters. The largest absolute Gasteiger partial charge is 1.00 e. The minimum atomic E-state index is 0. The van der Waals surface area contributed by atoms with Crippen molar-refractivity contribution in [3.05, 3.63) is 0 Å². The normalized spacial score (nSPS) is 12.3. The van der Waals surface area contributed by atoms with E-state index in [-0.39, 0.29) is 48.0 Å². The van der Waals surface area contributed by atoms with Gasteiger partial charge in [-0.2, -0.15) is 0 Å². The molecule has 2 nitrogen and oxygen atoms in total. The van der Waals surface area contributed by atoms with E-state index in [1.54, 1.807) is 0 Å². The van der Waals surface area contributed by atoms with E-state index in [2.05, 4.69) is 55.9 Å². The summed E-state index contributed by atoms with van der Waals surface area (Å²) in [5.41, 5.74) is 0. The molecule has 0 aliphatic carbocycles. The Balaban J connectivity index is -0.00000144. The van der Waals surface area contributed by atoms with Crippen LogP contribution >= 0.6 is 0 Å². The van der Waals surface area contributed by atoms with E-state index in [0.29, 0.717) is 0 Å². The molecule has 0 aromatic heterocycles. The van der Waals surface area contributed by atoms with Crippen molar-refractivity contribution in [1.29, 1.82) is 0 Å². The van der Waals surface area contributed by atoms with Crippen molar-refractivity contribution in [3.8, 4) is 0 Å². The lowest BCUT2D eigenvalue weighted by atomic mass is 10.1. The summed E-state index contributed by atoms with van der Waals surface area (Å²) in [5, 5.41) is 0. The van der Waals surface area contributed by atoms with Crippen molar-refractivity contribution in [2.45, 2.75) is 65.5 Å². The SMILES string of the molecule is CC(C)[N+](C)(C)CCCCCC[N+](C)(C)C(C)C.[I-].[I-]. The van der Waals surface area contributed by atoms with Gasteiger partial charge in [0.25, 0.3) is 0 Å². The number of quaternary nitrogens is 2. The highest BCUT2D eigenvalue weighted by Gasteiger charge is 2.20. The summed E-state index contributed by atoms with van der Waals surface area (Å²) < 4.78 is 2.32. The molecular formula is C16H38I2N2. The number of hydrogen-bond acceptors (Lipinski definition) is 0. The molecule has 4 heteroatoms. The molecule has 0 aromatic carbocycles. The van der Waals surface area contributed by atoms with Crippen LogP contribution in [-0.2, 0) is 0 Å². The Hall–Kier alpha value is 1.38. The quantitative estimate of drug-likeness (QED) is 0.183. The topological polar surface area (TPSA) is 0 Å². The number of rotatable bonds is 9. The summed E-state index contributed by atoms with van der Waals surface area (Å²) >= 11 is 0. The van der Waals surface area contributed by atoms with E-state index >= 15 is 0 Å². The van der Waals surface area contributed by atoms with Crippen LogP contribution in [0.4, 0.5) is 0 Å². The van der Waals surface area contributed by atoms with Gasteiger partial charge in [-0.3, -0.25) is 0 Å². The van der Waals surface area contributed by atoms with Crippen molar-refractivity contribution in [2.75, 3.05) is 41.3 Å². The van der Waals surface area contributed by atoms with Gasteiger partial charge in [0.2, 0.25) is 0 Å². The molecule has 0 aliphatic rings. The van der Waals surface area contributed by atoms with E-state index in [1.807, 2.05) is 0 Å². The molecule has 0 heterocycles. The first-order valence-electron chi connectivity index (χ1n) is 7.75. The maximum absolute atomic E-state index is 2.35. The van der Waals surface area contributed by atoms with Crippen LogP contribution in [0.25, 0.3) is 0 Å². The zero-order valence-corrected chi connectivity index (χ0v) is 19.4. The molecule has 0 aliphatic heterocycles. The molecule has 0 saturated heterocycles. The molecule has 0 rings (SSSR count). The van der Waals surface area contributed by atoms with Crippen LogP contribution in [0.3, 0.4) is 0 Å². The second-order valence-corrected chi connectivity index (χ2v) is 7.61. The third kappa shape index (κ3) is 11.0. The zero-order chi connectivity index (χ0) is 14.4. The molecule has 0 atom stereocenters. The maximum Gasteiger partial charge on any atom is 0.0829 e. The number of halogens is 2. The Kier molecular flexibility index (Phi) is 15.6. The molecular weight excluding hydrogens is 474 g/mol. The van der Waals surface area contributed by atoms with Crippen LogP contribution in [0, 0.1) is 0 Å². The molecule has 0 radical (unpaired) electrons. The molecule has 0 N–H and O–H groups in total. The van der Waals surface area contributed by atoms with Gasteiger partial charge in [0.15, 0.2) is 0 Å². The third-order valence-corrected chi connectivity index (χ3v) is 5.01. The van der Waals surface area contributed by atoms with Gasteiger partial charge in [-0.05, 0) is 53.4 Å². The van der Waals surface area contributed by atoms with Gasteiger partial charge in [0, 0.05) is 0 Å². The van der Waals surface area contributed by atoms with Gasteiger partial charge in [-0.15, -0.1) is 0 Å². The van der Waals surface area contributed by atoms with E-state index in [4.69, 9.17) is 0 Å². The van der Waals surface area contributed by atoms with E-state index in [0.717, 1.165) is 21.0 Å². The van der Waals surface area contributed by atoms with Gasteiger partial charge >= 0.3 is 0 Å². The smallest absolute Gasteiger partial charge is 0.0829 e. The first kappa shape index (κ1) is 26.3. The molecule has 0 aromatic rings. The molecule has 20 heavy (non-hydrogen) atoms. The van der Waals surface area contributed by atoms with Crippen LogP contribution in [0.2, 0.25) is 0 Å². The standard InChI is InChI=1S/C16H38N2.2HI/c1-15(2)17(5,6)13-11-9-10-12-14-18(7,8)16(3)4;;/h15-16H,9-14H2,1-8H3;2*1H/q+2;;/p-2. The molecule has 0 amide bonds. The molecule has 0 saturated carbocycles. The fourth-order valence-electron chi connectivity index (χ4n) is 1.91. The first-order valence-corrected chi connectivity index (χ1v) is 7.75. The summed E-state index contributed by atoms with van der Waals surface area (Å²) in [5.74, 6) is 0. The Morgan fingerprint density at radius 3 is 1.00 bits per heavy atom. The van der Waals surface area contributed by atoms with E-state index in [9.17, 15) is 0 Å². The number of hydrogen-bond donors (Lipinski definition) is 0. The minimum absolute atomic E-state index is 0. The fraction of sp³-hybridized carbons (Fsp3) is 1.00. The Labute approximate surface area is 162 Å². The summed E-state index contributed by atoms with van der Waals surface area (Å²) in [6, 6.07) is 1.48. The van der Waals surface area contributed by atoms with Gasteiger partial charge in [-0.25, -0.2) is 0 Å². The van der Waals surface area contributed by atoms with Gasteiger partial charge in [0.05, 0.1) is 53.4 Å². The van der Waals surface area contributed by atoms with Gasteiger partial charge < -0.3 is 56.9 Å². The highest BCUT2D eigenvalue weighted by molar-refractivity contribution is 4.47. The lowest BCUT2D eigenvalue weighted by molar-refractivity contribution is -0.912. The zero-order valence-electron chi connectivity index (χ0n) is 15.0. The molecule has 0 bridgehead atoms. The number of unbranched alkanes of at least 4 members (excludes halogenated alkanes) is 3. The number of nitrogens with zero attached hydrogens (tertiary/aromatic N) is 2. The average Bonchev–Trinajstić information content (AvgIpc) is 2.22. The summed E-state index contributed by atoms with van der Waals surface area (Å²) in [7, 11) is 9.40. The van der Waals surface area contributed by atoms with Crippen molar-refractivity contribution < 1.29 is 56.9 Å². The summed E-state index contributed by atoms with van der Waals surface area (Å²) in [4.78, 5) is 0.